The van der Waals surface area contributed by atoms with Crippen molar-refractivity contribution >= 4 is 17.6 Å². The van der Waals surface area contributed by atoms with Crippen LogP contribution in [0.2, 0.25) is 0 Å². The van der Waals surface area contributed by atoms with Crippen molar-refractivity contribution < 1.29 is 14.3 Å². The van der Waals surface area contributed by atoms with Gasteiger partial charge in [-0.25, -0.2) is 9.78 Å². The predicted octanol–water partition coefficient (Wildman–Crippen LogP) is 3.02. The Balaban J connectivity index is 2.15. The first-order chi connectivity index (χ1) is 10.7. The van der Waals surface area contributed by atoms with Gasteiger partial charge < -0.3 is 9.30 Å². The molecule has 6 nitrogen and oxygen atoms in total. The molecule has 2 aromatic rings. The number of carbonyl (C=O) groups excluding carboxylic acids is 2. The number of nitrogens with zero attached hydrogens (tertiary/aromatic N) is 3. The van der Waals surface area contributed by atoms with Crippen LogP contribution in [0.15, 0.2) is 36.8 Å². The zero-order valence-electron chi connectivity index (χ0n) is 14.0. The maximum atomic E-state index is 12.4. The van der Waals surface area contributed by atoms with Crippen molar-refractivity contribution in [3.8, 4) is 0 Å². The van der Waals surface area contributed by atoms with E-state index in [1.807, 2.05) is 20.8 Å². The maximum absolute atomic E-state index is 12.4. The fourth-order valence-corrected chi connectivity index (χ4v) is 2.00. The molecule has 1 aromatic carbocycles. The number of benzene rings is 1. The van der Waals surface area contributed by atoms with Crippen molar-refractivity contribution in [2.45, 2.75) is 26.4 Å². The molecule has 0 atom stereocenters. The second-order valence-electron chi connectivity index (χ2n) is 6.31. The van der Waals surface area contributed by atoms with Crippen LogP contribution < -0.4 is 4.90 Å². The number of aromatic nitrogens is 2. The van der Waals surface area contributed by atoms with E-state index in [1.54, 1.807) is 49.3 Å². The summed E-state index contributed by atoms with van der Waals surface area (Å²) in [5, 5.41) is 0. The maximum Gasteiger partial charge on any atom is 0.414 e. The lowest BCUT2D eigenvalue weighted by molar-refractivity contribution is 0.0589. The number of rotatable bonds is 3. The Morgan fingerprint density at radius 1 is 1.17 bits per heavy atom. The number of hydrogen-bond donors (Lipinski definition) is 0. The van der Waals surface area contributed by atoms with Crippen LogP contribution in [0.1, 0.15) is 36.8 Å². The molecule has 1 heterocycles. The smallest absolute Gasteiger partial charge is 0.414 e. The van der Waals surface area contributed by atoms with Gasteiger partial charge in [-0.05, 0) is 45.0 Å². The summed E-state index contributed by atoms with van der Waals surface area (Å²) in [6, 6.07) is 6.80. The molecular formula is C17H21N3O3. The van der Waals surface area contributed by atoms with Gasteiger partial charge in [-0.1, -0.05) is 0 Å². The molecule has 0 saturated carbocycles. The van der Waals surface area contributed by atoms with Crippen LogP contribution in [0.5, 0.6) is 0 Å². The van der Waals surface area contributed by atoms with Crippen LogP contribution in [0.25, 0.3) is 0 Å². The second kappa shape index (κ2) is 6.24. The van der Waals surface area contributed by atoms with Crippen molar-refractivity contribution in [1.82, 2.24) is 9.55 Å². The zero-order chi connectivity index (χ0) is 17.2. The van der Waals surface area contributed by atoms with E-state index in [2.05, 4.69) is 4.98 Å². The van der Waals surface area contributed by atoms with Crippen LogP contribution in [0.3, 0.4) is 0 Å². The lowest BCUT2D eigenvalue weighted by atomic mass is 10.1. The number of carbonyl (C=O) groups is 2. The average Bonchev–Trinajstić information content (AvgIpc) is 2.90. The topological polar surface area (TPSA) is 64.4 Å². The number of ether oxygens (including phenoxy) is 1. The zero-order valence-corrected chi connectivity index (χ0v) is 14.0. The Kier molecular flexibility index (Phi) is 4.54. The summed E-state index contributed by atoms with van der Waals surface area (Å²) in [7, 11) is 3.40. The third-order valence-corrected chi connectivity index (χ3v) is 3.23. The van der Waals surface area contributed by atoms with E-state index >= 15 is 0 Å². The van der Waals surface area contributed by atoms with E-state index in [-0.39, 0.29) is 5.78 Å². The molecule has 0 radical (unpaired) electrons. The van der Waals surface area contributed by atoms with Gasteiger partial charge in [0, 0.05) is 25.3 Å². The summed E-state index contributed by atoms with van der Waals surface area (Å²) >= 11 is 0. The quantitative estimate of drug-likeness (QED) is 0.817. The molecule has 6 heteroatoms. The first kappa shape index (κ1) is 16.7. The van der Waals surface area contributed by atoms with E-state index in [0.29, 0.717) is 16.9 Å². The normalized spacial score (nSPS) is 11.2. The van der Waals surface area contributed by atoms with Crippen molar-refractivity contribution in [1.29, 1.82) is 0 Å². The van der Waals surface area contributed by atoms with Crippen LogP contribution in [-0.4, -0.2) is 34.1 Å². The molecule has 2 rings (SSSR count). The van der Waals surface area contributed by atoms with Crippen molar-refractivity contribution in [3.05, 3.63) is 48.0 Å². The molecule has 1 aromatic heterocycles. The van der Waals surface area contributed by atoms with Gasteiger partial charge in [-0.3, -0.25) is 9.69 Å². The van der Waals surface area contributed by atoms with Gasteiger partial charge in [0.1, 0.15) is 11.3 Å². The van der Waals surface area contributed by atoms with Crippen molar-refractivity contribution in [2.75, 3.05) is 11.9 Å². The van der Waals surface area contributed by atoms with E-state index in [1.165, 1.54) is 11.1 Å². The fourth-order valence-electron chi connectivity index (χ4n) is 2.00. The third-order valence-electron chi connectivity index (χ3n) is 3.23. The second-order valence-corrected chi connectivity index (χ2v) is 6.31. The summed E-state index contributed by atoms with van der Waals surface area (Å²) in [6.45, 7) is 5.44. The van der Waals surface area contributed by atoms with E-state index in [4.69, 9.17) is 4.74 Å². The Bertz CT molecular complexity index is 711. The highest BCUT2D eigenvalue weighted by Gasteiger charge is 2.21. The monoisotopic (exact) mass is 315 g/mol. The minimum atomic E-state index is -0.555. The first-order valence-electron chi connectivity index (χ1n) is 7.27. The van der Waals surface area contributed by atoms with Gasteiger partial charge in [-0.2, -0.15) is 0 Å². The van der Waals surface area contributed by atoms with Gasteiger partial charge in [0.2, 0.25) is 5.78 Å². The number of ketones is 1. The standard InChI is InChI=1S/C17H21N3O3/c1-17(2,3)23-16(22)20(5)13-8-6-12(7-9-13)15(21)14-10-18-11-19(14)4/h6-11H,1-5H3. The summed E-state index contributed by atoms with van der Waals surface area (Å²) in [6.07, 6.45) is 2.67. The van der Waals surface area contributed by atoms with Crippen LogP contribution in [-0.2, 0) is 11.8 Å². The lowest BCUT2D eigenvalue weighted by Crippen LogP contribution is -2.34. The number of anilines is 1. The summed E-state index contributed by atoms with van der Waals surface area (Å²) in [4.78, 5) is 29.7. The van der Waals surface area contributed by atoms with E-state index in [9.17, 15) is 9.59 Å². The van der Waals surface area contributed by atoms with Crippen LogP contribution in [0.4, 0.5) is 10.5 Å². The number of aryl methyl sites for hydroxylation is 1. The minimum Gasteiger partial charge on any atom is -0.443 e. The fraction of sp³-hybridized carbons (Fsp3) is 0.353. The molecule has 1 amide bonds. The summed E-state index contributed by atoms with van der Waals surface area (Å²) in [5.74, 6) is -0.114. The summed E-state index contributed by atoms with van der Waals surface area (Å²) < 4.78 is 6.98. The predicted molar refractivity (Wildman–Crippen MR) is 87.7 cm³/mol. The Morgan fingerprint density at radius 3 is 2.26 bits per heavy atom. The van der Waals surface area contributed by atoms with Crippen LogP contribution >= 0.6 is 0 Å². The summed E-state index contributed by atoms with van der Waals surface area (Å²) in [5.41, 5.74) is 1.15. The molecule has 0 saturated heterocycles. The Labute approximate surface area is 135 Å². The van der Waals surface area contributed by atoms with Crippen molar-refractivity contribution in [2.24, 2.45) is 7.05 Å². The number of amides is 1. The molecule has 0 aliphatic rings. The largest absolute Gasteiger partial charge is 0.443 e. The van der Waals surface area contributed by atoms with Gasteiger partial charge >= 0.3 is 6.09 Å². The van der Waals surface area contributed by atoms with Gasteiger partial charge in [0.15, 0.2) is 0 Å². The van der Waals surface area contributed by atoms with Gasteiger partial charge in [-0.15, -0.1) is 0 Å². The average molecular weight is 315 g/mol. The van der Waals surface area contributed by atoms with Crippen molar-refractivity contribution in [3.63, 3.8) is 0 Å². The van der Waals surface area contributed by atoms with Gasteiger partial charge in [0.05, 0.1) is 12.5 Å². The van der Waals surface area contributed by atoms with E-state index < -0.39 is 11.7 Å². The Morgan fingerprint density at radius 2 is 1.78 bits per heavy atom. The molecule has 0 fully saturated rings. The Hall–Kier alpha value is -2.63. The molecule has 23 heavy (non-hydrogen) atoms. The van der Waals surface area contributed by atoms with Gasteiger partial charge in [0.25, 0.3) is 0 Å². The highest BCUT2D eigenvalue weighted by Crippen LogP contribution is 2.19. The number of imidazole rings is 1. The highest BCUT2D eigenvalue weighted by molar-refractivity contribution is 6.08. The third kappa shape index (κ3) is 3.97. The lowest BCUT2D eigenvalue weighted by Gasteiger charge is -2.24. The number of hydrogen-bond acceptors (Lipinski definition) is 4. The highest BCUT2D eigenvalue weighted by atomic mass is 16.6. The molecule has 122 valence electrons. The molecule has 0 N–H and O–H groups in total. The minimum absolute atomic E-state index is 0.114. The SMILES string of the molecule is CN(C(=O)OC(C)(C)C)c1ccc(C(=O)c2cncn2C)cc1. The molecule has 0 unspecified atom stereocenters. The molecule has 0 bridgehead atoms. The molecule has 0 spiro atoms. The van der Waals surface area contributed by atoms with E-state index in [0.717, 1.165) is 0 Å². The molecule has 0 aliphatic heterocycles. The molecule has 0 aliphatic carbocycles. The first-order valence-corrected chi connectivity index (χ1v) is 7.27. The molecular weight excluding hydrogens is 294 g/mol. The van der Waals surface area contributed by atoms with Crippen LogP contribution in [0, 0.1) is 0 Å².